The average Bonchev–Trinajstić information content (AvgIpc) is 2.15. The lowest BCUT2D eigenvalue weighted by Gasteiger charge is -2.32. The highest BCUT2D eigenvalue weighted by Crippen LogP contribution is 2.29. The predicted molar refractivity (Wildman–Crippen MR) is 68.5 cm³/mol. The normalized spacial score (nSPS) is 19.2. The SMILES string of the molecule is CO[C@@](C)(C[C@@H](C)CC(C)C)C[C@@H](C)C=O. The summed E-state index contributed by atoms with van der Waals surface area (Å²) in [7, 11) is 1.75. The van der Waals surface area contributed by atoms with Crippen molar-refractivity contribution in [1.29, 1.82) is 0 Å². The molecule has 2 heteroatoms. The van der Waals surface area contributed by atoms with Crippen molar-refractivity contribution in [3.63, 3.8) is 0 Å². The molecule has 0 N–H and O–H groups in total. The molecule has 3 atom stereocenters. The summed E-state index contributed by atoms with van der Waals surface area (Å²) in [4.78, 5) is 10.7. The molecule has 0 aliphatic rings. The van der Waals surface area contributed by atoms with Crippen LogP contribution in [0.2, 0.25) is 0 Å². The van der Waals surface area contributed by atoms with Gasteiger partial charge in [-0.25, -0.2) is 0 Å². The van der Waals surface area contributed by atoms with E-state index in [-0.39, 0.29) is 11.5 Å². The Morgan fingerprint density at radius 1 is 1.19 bits per heavy atom. The van der Waals surface area contributed by atoms with Crippen LogP contribution >= 0.6 is 0 Å². The highest BCUT2D eigenvalue weighted by molar-refractivity contribution is 5.52. The van der Waals surface area contributed by atoms with E-state index in [1.54, 1.807) is 7.11 Å². The molecule has 0 saturated heterocycles. The zero-order valence-corrected chi connectivity index (χ0v) is 11.7. The topological polar surface area (TPSA) is 26.3 Å². The van der Waals surface area contributed by atoms with Crippen LogP contribution in [0.15, 0.2) is 0 Å². The standard InChI is InChI=1S/C14H28O2/c1-11(2)7-12(3)8-14(5,16-6)9-13(4)10-15/h10-13H,7-9H2,1-6H3/t12-,13+,14-/m0/s1. The highest BCUT2D eigenvalue weighted by Gasteiger charge is 2.28. The third kappa shape index (κ3) is 6.26. The van der Waals surface area contributed by atoms with E-state index in [2.05, 4.69) is 27.7 Å². The molecule has 96 valence electrons. The van der Waals surface area contributed by atoms with Crippen LogP contribution in [0.5, 0.6) is 0 Å². The molecule has 0 aliphatic carbocycles. The summed E-state index contributed by atoms with van der Waals surface area (Å²) < 4.78 is 5.60. The van der Waals surface area contributed by atoms with Crippen molar-refractivity contribution in [1.82, 2.24) is 0 Å². The fraction of sp³-hybridized carbons (Fsp3) is 0.929. The summed E-state index contributed by atoms with van der Waals surface area (Å²) in [6.07, 6.45) is 4.08. The third-order valence-electron chi connectivity index (χ3n) is 3.13. The Morgan fingerprint density at radius 3 is 2.12 bits per heavy atom. The summed E-state index contributed by atoms with van der Waals surface area (Å²) in [5.74, 6) is 1.44. The van der Waals surface area contributed by atoms with Gasteiger partial charge in [-0.2, -0.15) is 0 Å². The minimum Gasteiger partial charge on any atom is -0.378 e. The maximum Gasteiger partial charge on any atom is 0.122 e. The minimum atomic E-state index is -0.158. The summed E-state index contributed by atoms with van der Waals surface area (Å²) in [5, 5.41) is 0. The fourth-order valence-electron chi connectivity index (χ4n) is 2.60. The zero-order chi connectivity index (χ0) is 12.8. The van der Waals surface area contributed by atoms with Gasteiger partial charge in [-0.15, -0.1) is 0 Å². The minimum absolute atomic E-state index is 0.0798. The molecule has 0 aromatic heterocycles. The van der Waals surface area contributed by atoms with Gasteiger partial charge in [0.05, 0.1) is 5.60 Å². The molecule has 0 bridgehead atoms. The number of methoxy groups -OCH3 is 1. The maximum absolute atomic E-state index is 10.7. The van der Waals surface area contributed by atoms with Gasteiger partial charge in [0.1, 0.15) is 6.29 Å². The molecule has 0 aromatic carbocycles. The largest absolute Gasteiger partial charge is 0.378 e. The Balaban J connectivity index is 4.29. The summed E-state index contributed by atoms with van der Waals surface area (Å²) in [6.45, 7) is 10.8. The van der Waals surface area contributed by atoms with E-state index >= 15 is 0 Å². The molecule has 0 rings (SSSR count). The first-order chi connectivity index (χ1) is 7.33. The lowest BCUT2D eigenvalue weighted by atomic mass is 9.83. The Morgan fingerprint density at radius 2 is 1.75 bits per heavy atom. The molecule has 0 amide bonds. The Kier molecular flexibility index (Phi) is 6.89. The molecule has 0 aromatic rings. The lowest BCUT2D eigenvalue weighted by molar-refractivity contribution is -0.113. The first kappa shape index (κ1) is 15.6. The van der Waals surface area contributed by atoms with Gasteiger partial charge in [0.2, 0.25) is 0 Å². The number of hydrogen-bond donors (Lipinski definition) is 0. The van der Waals surface area contributed by atoms with E-state index in [9.17, 15) is 4.79 Å². The second kappa shape index (κ2) is 7.05. The number of carbonyl (C=O) groups is 1. The first-order valence-electron chi connectivity index (χ1n) is 6.33. The summed E-state index contributed by atoms with van der Waals surface area (Å²) in [6, 6.07) is 0. The molecular weight excluding hydrogens is 200 g/mol. The van der Waals surface area contributed by atoms with Gasteiger partial charge >= 0.3 is 0 Å². The summed E-state index contributed by atoms with van der Waals surface area (Å²) >= 11 is 0. The van der Waals surface area contributed by atoms with E-state index in [1.807, 2.05) is 6.92 Å². The van der Waals surface area contributed by atoms with Gasteiger partial charge in [-0.3, -0.25) is 0 Å². The van der Waals surface area contributed by atoms with Gasteiger partial charge in [-0.05, 0) is 38.0 Å². The Labute approximate surface area is 101 Å². The Hall–Kier alpha value is -0.370. The van der Waals surface area contributed by atoms with Gasteiger partial charge in [0.15, 0.2) is 0 Å². The van der Waals surface area contributed by atoms with E-state index in [4.69, 9.17) is 4.74 Å². The van der Waals surface area contributed by atoms with Gasteiger partial charge < -0.3 is 9.53 Å². The fourth-order valence-corrected chi connectivity index (χ4v) is 2.60. The molecule has 0 spiro atoms. The average molecular weight is 228 g/mol. The molecule has 0 unspecified atom stereocenters. The van der Waals surface area contributed by atoms with Crippen molar-refractivity contribution in [2.24, 2.45) is 17.8 Å². The van der Waals surface area contributed by atoms with Crippen molar-refractivity contribution < 1.29 is 9.53 Å². The van der Waals surface area contributed by atoms with Crippen LogP contribution in [-0.4, -0.2) is 19.0 Å². The quantitative estimate of drug-likeness (QED) is 0.592. The molecule has 0 heterocycles. The van der Waals surface area contributed by atoms with Crippen LogP contribution < -0.4 is 0 Å². The van der Waals surface area contributed by atoms with Crippen LogP contribution in [-0.2, 0) is 9.53 Å². The lowest BCUT2D eigenvalue weighted by Crippen LogP contribution is -2.32. The molecule has 0 saturated carbocycles. The second-order valence-corrected chi connectivity index (χ2v) is 5.91. The molecular formula is C14H28O2. The molecule has 0 fully saturated rings. The number of carbonyl (C=O) groups excluding carboxylic acids is 1. The monoisotopic (exact) mass is 228 g/mol. The van der Waals surface area contributed by atoms with Crippen molar-refractivity contribution >= 4 is 6.29 Å². The van der Waals surface area contributed by atoms with Crippen LogP contribution in [0.3, 0.4) is 0 Å². The molecule has 16 heavy (non-hydrogen) atoms. The zero-order valence-electron chi connectivity index (χ0n) is 11.7. The predicted octanol–water partition coefficient (Wildman–Crippen LogP) is 3.69. The van der Waals surface area contributed by atoms with Crippen LogP contribution in [0.1, 0.15) is 53.9 Å². The number of rotatable bonds is 8. The first-order valence-corrected chi connectivity index (χ1v) is 6.33. The van der Waals surface area contributed by atoms with E-state index in [0.29, 0.717) is 5.92 Å². The van der Waals surface area contributed by atoms with Gasteiger partial charge in [0.25, 0.3) is 0 Å². The van der Waals surface area contributed by atoms with Crippen molar-refractivity contribution in [3.8, 4) is 0 Å². The molecule has 0 aliphatic heterocycles. The van der Waals surface area contributed by atoms with Crippen LogP contribution in [0.25, 0.3) is 0 Å². The second-order valence-electron chi connectivity index (χ2n) is 5.91. The van der Waals surface area contributed by atoms with Crippen molar-refractivity contribution in [2.45, 2.75) is 59.5 Å². The summed E-state index contributed by atoms with van der Waals surface area (Å²) in [5.41, 5.74) is -0.158. The van der Waals surface area contributed by atoms with Crippen molar-refractivity contribution in [3.05, 3.63) is 0 Å². The van der Waals surface area contributed by atoms with E-state index in [0.717, 1.165) is 25.0 Å². The maximum atomic E-state index is 10.7. The van der Waals surface area contributed by atoms with Crippen molar-refractivity contribution in [2.75, 3.05) is 7.11 Å². The van der Waals surface area contributed by atoms with E-state index in [1.165, 1.54) is 6.42 Å². The number of aldehydes is 1. The van der Waals surface area contributed by atoms with Crippen LogP contribution in [0.4, 0.5) is 0 Å². The highest BCUT2D eigenvalue weighted by atomic mass is 16.5. The van der Waals surface area contributed by atoms with Crippen LogP contribution in [0, 0.1) is 17.8 Å². The smallest absolute Gasteiger partial charge is 0.122 e. The molecule has 0 radical (unpaired) electrons. The van der Waals surface area contributed by atoms with Gasteiger partial charge in [0, 0.05) is 13.0 Å². The Bertz CT molecular complexity index is 201. The number of ether oxygens (including phenoxy) is 1. The van der Waals surface area contributed by atoms with E-state index < -0.39 is 0 Å². The molecule has 2 nitrogen and oxygen atoms in total. The third-order valence-corrected chi connectivity index (χ3v) is 3.13. The van der Waals surface area contributed by atoms with Gasteiger partial charge in [-0.1, -0.05) is 27.7 Å². The number of hydrogen-bond acceptors (Lipinski definition) is 2.